The van der Waals surface area contributed by atoms with Gasteiger partial charge < -0.3 is 19.8 Å². The van der Waals surface area contributed by atoms with Crippen molar-refractivity contribution in [3.63, 3.8) is 0 Å². The van der Waals surface area contributed by atoms with Gasteiger partial charge in [0.1, 0.15) is 5.52 Å². The van der Waals surface area contributed by atoms with E-state index in [1.165, 1.54) is 6.07 Å². The van der Waals surface area contributed by atoms with Crippen molar-refractivity contribution in [1.82, 2.24) is 9.97 Å². The van der Waals surface area contributed by atoms with Crippen molar-refractivity contribution in [3.05, 3.63) is 27.8 Å². The number of nitro groups is 1. The number of carboxylic acids is 1. The van der Waals surface area contributed by atoms with E-state index in [1.54, 1.807) is 19.0 Å². The first kappa shape index (κ1) is 11.8. The lowest BCUT2D eigenvalue weighted by molar-refractivity contribution is -0.384. The lowest BCUT2D eigenvalue weighted by Crippen LogP contribution is -2.22. The third-order valence-electron chi connectivity index (χ3n) is 2.41. The molecule has 0 saturated heterocycles. The highest BCUT2D eigenvalue weighted by molar-refractivity contribution is 6.01. The fourth-order valence-electron chi connectivity index (χ4n) is 1.56. The van der Waals surface area contributed by atoms with Gasteiger partial charge in [-0.1, -0.05) is 0 Å². The molecule has 8 heteroatoms. The lowest BCUT2D eigenvalue weighted by atomic mass is 10.1. The average molecular weight is 249 g/mol. The zero-order chi connectivity index (χ0) is 13.4. The molecular weight excluding hydrogens is 240 g/mol. The van der Waals surface area contributed by atoms with Gasteiger partial charge in [-0.3, -0.25) is 10.1 Å². The Hall–Kier alpha value is -2.64. The van der Waals surface area contributed by atoms with E-state index < -0.39 is 10.9 Å². The molecular formula is C10H9N4O4-. The summed E-state index contributed by atoms with van der Waals surface area (Å²) in [5, 5.41) is 21.7. The highest BCUT2D eigenvalue weighted by atomic mass is 16.6. The fourth-order valence-corrected chi connectivity index (χ4v) is 1.56. The van der Waals surface area contributed by atoms with Crippen molar-refractivity contribution in [1.29, 1.82) is 0 Å². The van der Waals surface area contributed by atoms with Gasteiger partial charge in [0.2, 0.25) is 5.95 Å². The van der Waals surface area contributed by atoms with Gasteiger partial charge in [0.25, 0.3) is 5.69 Å². The molecule has 18 heavy (non-hydrogen) atoms. The largest absolute Gasteiger partial charge is 0.545 e. The molecule has 0 radical (unpaired) electrons. The first-order chi connectivity index (χ1) is 8.40. The van der Waals surface area contributed by atoms with Crippen LogP contribution < -0.4 is 10.0 Å². The number of rotatable bonds is 3. The van der Waals surface area contributed by atoms with Gasteiger partial charge in [0, 0.05) is 31.8 Å². The number of aromatic amines is 1. The molecule has 1 aromatic heterocycles. The summed E-state index contributed by atoms with van der Waals surface area (Å²) in [6.07, 6.45) is 0. The van der Waals surface area contributed by atoms with Crippen LogP contribution >= 0.6 is 0 Å². The number of hydrogen-bond donors (Lipinski definition) is 1. The summed E-state index contributed by atoms with van der Waals surface area (Å²) in [5.41, 5.74) is -0.199. The van der Waals surface area contributed by atoms with E-state index in [0.717, 1.165) is 6.07 Å². The second-order valence-corrected chi connectivity index (χ2v) is 3.89. The number of carbonyl (C=O) groups excluding carboxylic acids is 1. The number of H-pyrrole nitrogens is 1. The highest BCUT2D eigenvalue weighted by Gasteiger charge is 2.16. The second kappa shape index (κ2) is 3.99. The van der Waals surface area contributed by atoms with Crippen molar-refractivity contribution in [2.45, 2.75) is 0 Å². The normalized spacial score (nSPS) is 10.6. The summed E-state index contributed by atoms with van der Waals surface area (Å²) in [7, 11) is 3.43. The van der Waals surface area contributed by atoms with Gasteiger partial charge in [-0.05, 0) is 0 Å². The number of aromatic nitrogens is 2. The summed E-state index contributed by atoms with van der Waals surface area (Å²) in [4.78, 5) is 29.5. The zero-order valence-corrected chi connectivity index (χ0v) is 9.63. The third kappa shape index (κ3) is 1.83. The molecule has 0 amide bonds. The van der Waals surface area contributed by atoms with Crippen LogP contribution in [0, 0.1) is 10.1 Å². The van der Waals surface area contributed by atoms with Crippen molar-refractivity contribution in [2.24, 2.45) is 0 Å². The number of carboxylic acid groups (broad SMARTS) is 1. The van der Waals surface area contributed by atoms with E-state index in [4.69, 9.17) is 0 Å². The molecule has 0 saturated carbocycles. The van der Waals surface area contributed by atoms with Crippen LogP contribution in [0.5, 0.6) is 0 Å². The third-order valence-corrected chi connectivity index (χ3v) is 2.41. The van der Waals surface area contributed by atoms with Gasteiger partial charge in [-0.2, -0.15) is 0 Å². The van der Waals surface area contributed by atoms with Crippen LogP contribution in [0.15, 0.2) is 12.1 Å². The summed E-state index contributed by atoms with van der Waals surface area (Å²) < 4.78 is 0. The number of nitrogens with one attached hydrogen (secondary N) is 1. The molecule has 0 unspecified atom stereocenters. The van der Waals surface area contributed by atoms with E-state index in [1.807, 2.05) is 0 Å². The first-order valence-electron chi connectivity index (χ1n) is 4.97. The number of imidazole rings is 1. The molecule has 2 rings (SSSR count). The fraction of sp³-hybridized carbons (Fsp3) is 0.200. The molecule has 2 aromatic rings. The minimum absolute atomic E-state index is 0.143. The number of carbonyl (C=O) groups is 1. The van der Waals surface area contributed by atoms with Crippen LogP contribution in [-0.2, 0) is 0 Å². The Morgan fingerprint density at radius 1 is 1.44 bits per heavy atom. The topological polar surface area (TPSA) is 115 Å². The Morgan fingerprint density at radius 3 is 2.61 bits per heavy atom. The molecule has 1 aromatic carbocycles. The van der Waals surface area contributed by atoms with Gasteiger partial charge in [-0.25, -0.2) is 4.98 Å². The van der Waals surface area contributed by atoms with E-state index in [2.05, 4.69) is 9.97 Å². The number of nitro benzene ring substituents is 1. The summed E-state index contributed by atoms with van der Waals surface area (Å²) >= 11 is 0. The van der Waals surface area contributed by atoms with E-state index in [0.29, 0.717) is 5.95 Å². The number of aromatic carboxylic acids is 1. The maximum absolute atomic E-state index is 11.0. The summed E-state index contributed by atoms with van der Waals surface area (Å²) in [6.45, 7) is 0. The van der Waals surface area contributed by atoms with Crippen LogP contribution in [0.2, 0.25) is 0 Å². The van der Waals surface area contributed by atoms with Crippen LogP contribution in [0.1, 0.15) is 10.4 Å². The number of benzene rings is 1. The Kier molecular flexibility index (Phi) is 2.62. The van der Waals surface area contributed by atoms with Crippen LogP contribution in [-0.4, -0.2) is 35.0 Å². The van der Waals surface area contributed by atoms with Gasteiger partial charge in [-0.15, -0.1) is 0 Å². The Bertz CT molecular complexity index is 647. The molecule has 1 heterocycles. The zero-order valence-electron chi connectivity index (χ0n) is 9.63. The summed E-state index contributed by atoms with van der Waals surface area (Å²) in [5.74, 6) is -1.09. The molecule has 8 nitrogen and oxygen atoms in total. The van der Waals surface area contributed by atoms with Gasteiger partial charge in [0.05, 0.1) is 16.4 Å². The number of anilines is 1. The van der Waals surface area contributed by atoms with Crippen molar-refractivity contribution < 1.29 is 14.8 Å². The van der Waals surface area contributed by atoms with Crippen molar-refractivity contribution in [3.8, 4) is 0 Å². The second-order valence-electron chi connectivity index (χ2n) is 3.89. The molecule has 0 spiro atoms. The maximum Gasteiger partial charge on any atom is 0.272 e. The molecule has 1 N–H and O–H groups in total. The molecule has 0 atom stereocenters. The molecule has 0 fully saturated rings. The van der Waals surface area contributed by atoms with Crippen molar-refractivity contribution >= 4 is 28.6 Å². The molecule has 0 aliphatic rings. The predicted octanol–water partition coefficient (Wildman–Crippen LogP) is -0.0994. The molecule has 0 aliphatic carbocycles. The quantitative estimate of drug-likeness (QED) is 0.600. The van der Waals surface area contributed by atoms with Gasteiger partial charge >= 0.3 is 0 Å². The molecule has 94 valence electrons. The Morgan fingerprint density at radius 2 is 2.11 bits per heavy atom. The monoisotopic (exact) mass is 249 g/mol. The minimum atomic E-state index is -1.50. The first-order valence-corrected chi connectivity index (χ1v) is 4.97. The van der Waals surface area contributed by atoms with Crippen LogP contribution in [0.3, 0.4) is 0 Å². The van der Waals surface area contributed by atoms with Crippen molar-refractivity contribution in [2.75, 3.05) is 19.0 Å². The predicted molar refractivity (Wildman–Crippen MR) is 61.4 cm³/mol. The maximum atomic E-state index is 11.0. The SMILES string of the molecule is CN(C)c1nc2c(C(=O)[O-])cc([N+](=O)[O-])cc2[nH]1. The smallest absolute Gasteiger partial charge is 0.272 e. The lowest BCUT2D eigenvalue weighted by Gasteiger charge is -2.05. The Balaban J connectivity index is 2.77. The Labute approximate surface area is 101 Å². The minimum Gasteiger partial charge on any atom is -0.545 e. The summed E-state index contributed by atoms with van der Waals surface area (Å²) in [6, 6.07) is 2.18. The van der Waals surface area contributed by atoms with E-state index in [-0.39, 0.29) is 22.3 Å². The molecule has 0 aliphatic heterocycles. The van der Waals surface area contributed by atoms with Crippen LogP contribution in [0.4, 0.5) is 11.6 Å². The van der Waals surface area contributed by atoms with Crippen LogP contribution in [0.25, 0.3) is 11.0 Å². The highest BCUT2D eigenvalue weighted by Crippen LogP contribution is 2.25. The number of nitrogens with zero attached hydrogens (tertiary/aromatic N) is 3. The average Bonchev–Trinajstić information content (AvgIpc) is 2.70. The van der Waals surface area contributed by atoms with Gasteiger partial charge in [0.15, 0.2) is 0 Å². The standard InChI is InChI=1S/C10H10N4O4/c1-13(2)10-11-7-4-5(14(17)18)3-6(9(15)16)8(7)12-10/h3-4H,1-2H3,(H,11,12)(H,15,16)/p-1. The number of fused-ring (bicyclic) bond motifs is 1. The van der Waals surface area contributed by atoms with E-state index in [9.17, 15) is 20.0 Å². The van der Waals surface area contributed by atoms with E-state index >= 15 is 0 Å². The molecule has 0 bridgehead atoms. The number of non-ortho nitro benzene ring substituents is 1. The number of hydrogen-bond acceptors (Lipinski definition) is 6.